The molecule has 1 heterocycles. The number of imidazole rings is 1. The second-order valence-corrected chi connectivity index (χ2v) is 5.39. The maximum Gasteiger partial charge on any atom is 0.130 e. The molecule has 1 aromatic carbocycles. The first-order valence-electron chi connectivity index (χ1n) is 7.17. The van der Waals surface area contributed by atoms with Crippen molar-refractivity contribution >= 4 is 11.6 Å². The first-order chi connectivity index (χ1) is 9.67. The number of hydrogen-bond donors (Lipinski definition) is 1. The van der Waals surface area contributed by atoms with Crippen molar-refractivity contribution in [2.24, 2.45) is 0 Å². The molecule has 0 spiro atoms. The number of nitrogens with zero attached hydrogens (tertiary/aromatic N) is 2. The quantitative estimate of drug-likeness (QED) is 0.873. The summed E-state index contributed by atoms with van der Waals surface area (Å²) in [5.74, 6) is 1.07. The summed E-state index contributed by atoms with van der Waals surface area (Å²) in [6.45, 7) is 8.21. The SMILES string of the molecule is CCCn1ccnc1C(NCC)c1ccc(Cl)c(C)c1. The van der Waals surface area contributed by atoms with Gasteiger partial charge in [0.1, 0.15) is 5.82 Å². The Morgan fingerprint density at radius 2 is 2.15 bits per heavy atom. The number of hydrogen-bond acceptors (Lipinski definition) is 2. The molecule has 0 radical (unpaired) electrons. The average Bonchev–Trinajstić information content (AvgIpc) is 2.88. The summed E-state index contributed by atoms with van der Waals surface area (Å²) in [5.41, 5.74) is 2.30. The van der Waals surface area contributed by atoms with Crippen molar-refractivity contribution in [2.75, 3.05) is 6.54 Å². The standard InChI is InChI=1S/C16H22ClN3/c1-4-9-20-10-8-19-16(20)15(18-5-2)13-6-7-14(17)12(3)11-13/h6-8,10-11,15,18H,4-5,9H2,1-3H3. The molecule has 0 amide bonds. The van der Waals surface area contributed by atoms with Crippen LogP contribution in [0.2, 0.25) is 5.02 Å². The van der Waals surface area contributed by atoms with Crippen LogP contribution in [0.5, 0.6) is 0 Å². The monoisotopic (exact) mass is 291 g/mol. The van der Waals surface area contributed by atoms with Crippen molar-refractivity contribution in [3.8, 4) is 0 Å². The summed E-state index contributed by atoms with van der Waals surface area (Å²) in [5, 5.41) is 4.33. The summed E-state index contributed by atoms with van der Waals surface area (Å²) >= 11 is 6.13. The number of nitrogens with one attached hydrogen (secondary N) is 1. The van der Waals surface area contributed by atoms with Gasteiger partial charge in [0.25, 0.3) is 0 Å². The Hall–Kier alpha value is -1.32. The van der Waals surface area contributed by atoms with Gasteiger partial charge in [0.2, 0.25) is 0 Å². The summed E-state index contributed by atoms with van der Waals surface area (Å²) < 4.78 is 2.22. The first-order valence-corrected chi connectivity index (χ1v) is 7.55. The zero-order chi connectivity index (χ0) is 14.5. The van der Waals surface area contributed by atoms with Crippen LogP contribution in [-0.2, 0) is 6.54 Å². The van der Waals surface area contributed by atoms with Crippen LogP contribution >= 0.6 is 11.6 Å². The molecule has 2 rings (SSSR count). The molecule has 0 fully saturated rings. The molecular formula is C16H22ClN3. The van der Waals surface area contributed by atoms with Crippen LogP contribution in [0.4, 0.5) is 0 Å². The molecular weight excluding hydrogens is 270 g/mol. The fourth-order valence-corrected chi connectivity index (χ4v) is 2.54. The van der Waals surface area contributed by atoms with Crippen molar-refractivity contribution in [1.29, 1.82) is 0 Å². The topological polar surface area (TPSA) is 29.9 Å². The number of aryl methyl sites for hydroxylation is 2. The Bertz CT molecular complexity index is 563. The van der Waals surface area contributed by atoms with Crippen molar-refractivity contribution in [3.63, 3.8) is 0 Å². The molecule has 1 aromatic heterocycles. The number of rotatable bonds is 6. The lowest BCUT2D eigenvalue weighted by Crippen LogP contribution is -2.25. The van der Waals surface area contributed by atoms with E-state index in [-0.39, 0.29) is 6.04 Å². The number of benzene rings is 1. The van der Waals surface area contributed by atoms with Gasteiger partial charge in [0, 0.05) is 24.0 Å². The largest absolute Gasteiger partial charge is 0.333 e. The zero-order valence-corrected chi connectivity index (χ0v) is 13.1. The fraction of sp³-hybridized carbons (Fsp3) is 0.438. The lowest BCUT2D eigenvalue weighted by Gasteiger charge is -2.20. The smallest absolute Gasteiger partial charge is 0.130 e. The van der Waals surface area contributed by atoms with Crippen LogP contribution in [0, 0.1) is 6.92 Å². The van der Waals surface area contributed by atoms with Gasteiger partial charge in [0.15, 0.2) is 0 Å². The minimum absolute atomic E-state index is 0.109. The molecule has 1 unspecified atom stereocenters. The van der Waals surface area contributed by atoms with Gasteiger partial charge in [0.05, 0.1) is 6.04 Å². The maximum absolute atomic E-state index is 6.13. The molecule has 4 heteroatoms. The van der Waals surface area contributed by atoms with E-state index in [1.165, 1.54) is 5.56 Å². The van der Waals surface area contributed by atoms with Crippen LogP contribution in [0.1, 0.15) is 43.3 Å². The van der Waals surface area contributed by atoms with Crippen molar-refractivity contribution in [2.45, 2.75) is 39.8 Å². The molecule has 0 bridgehead atoms. The van der Waals surface area contributed by atoms with Crippen molar-refractivity contribution in [1.82, 2.24) is 14.9 Å². The van der Waals surface area contributed by atoms with E-state index in [2.05, 4.69) is 40.8 Å². The van der Waals surface area contributed by atoms with Crippen LogP contribution in [0.15, 0.2) is 30.6 Å². The highest BCUT2D eigenvalue weighted by Crippen LogP contribution is 2.25. The second-order valence-electron chi connectivity index (χ2n) is 4.98. The Kier molecular flexibility index (Phi) is 5.21. The maximum atomic E-state index is 6.13. The number of halogens is 1. The molecule has 0 aliphatic rings. The normalized spacial score (nSPS) is 12.6. The highest BCUT2D eigenvalue weighted by molar-refractivity contribution is 6.31. The van der Waals surface area contributed by atoms with Gasteiger partial charge < -0.3 is 9.88 Å². The fourth-order valence-electron chi connectivity index (χ4n) is 2.42. The van der Waals surface area contributed by atoms with Crippen LogP contribution in [-0.4, -0.2) is 16.1 Å². The Morgan fingerprint density at radius 1 is 1.35 bits per heavy atom. The van der Waals surface area contributed by atoms with E-state index in [1.54, 1.807) is 0 Å². The predicted octanol–water partition coefficient (Wildman–Crippen LogP) is 3.95. The van der Waals surface area contributed by atoms with Gasteiger partial charge in [-0.25, -0.2) is 4.98 Å². The van der Waals surface area contributed by atoms with E-state index in [9.17, 15) is 0 Å². The van der Waals surface area contributed by atoms with Crippen molar-refractivity contribution in [3.05, 3.63) is 52.6 Å². The molecule has 0 aliphatic heterocycles. The lowest BCUT2D eigenvalue weighted by atomic mass is 10.0. The van der Waals surface area contributed by atoms with Crippen LogP contribution < -0.4 is 5.32 Å². The Morgan fingerprint density at radius 3 is 2.80 bits per heavy atom. The summed E-state index contributed by atoms with van der Waals surface area (Å²) in [6, 6.07) is 6.29. The van der Waals surface area contributed by atoms with E-state index in [0.29, 0.717) is 0 Å². The predicted molar refractivity (Wildman–Crippen MR) is 84.2 cm³/mol. The molecule has 1 atom stereocenters. The molecule has 108 valence electrons. The zero-order valence-electron chi connectivity index (χ0n) is 12.4. The van der Waals surface area contributed by atoms with Gasteiger partial charge in [-0.05, 0) is 37.1 Å². The van der Waals surface area contributed by atoms with E-state index in [1.807, 2.05) is 25.4 Å². The van der Waals surface area contributed by atoms with Crippen molar-refractivity contribution < 1.29 is 0 Å². The average molecular weight is 292 g/mol. The number of aromatic nitrogens is 2. The minimum Gasteiger partial charge on any atom is -0.333 e. The Labute approximate surface area is 126 Å². The van der Waals surface area contributed by atoms with E-state index < -0.39 is 0 Å². The van der Waals surface area contributed by atoms with Gasteiger partial charge in [-0.1, -0.05) is 37.6 Å². The molecule has 3 nitrogen and oxygen atoms in total. The Balaban J connectivity index is 2.39. The van der Waals surface area contributed by atoms with Gasteiger partial charge >= 0.3 is 0 Å². The molecule has 2 aromatic rings. The van der Waals surface area contributed by atoms with Gasteiger partial charge in [-0.2, -0.15) is 0 Å². The van der Waals surface area contributed by atoms with Gasteiger partial charge in [-0.3, -0.25) is 0 Å². The highest BCUT2D eigenvalue weighted by Gasteiger charge is 2.18. The molecule has 0 aliphatic carbocycles. The first kappa shape index (κ1) is 15.1. The summed E-state index contributed by atoms with van der Waals surface area (Å²) in [4.78, 5) is 4.55. The lowest BCUT2D eigenvalue weighted by molar-refractivity contribution is 0.544. The van der Waals surface area contributed by atoms with E-state index >= 15 is 0 Å². The highest BCUT2D eigenvalue weighted by atomic mass is 35.5. The molecule has 0 saturated carbocycles. The second kappa shape index (κ2) is 6.91. The van der Waals surface area contributed by atoms with E-state index in [4.69, 9.17) is 11.6 Å². The summed E-state index contributed by atoms with van der Waals surface area (Å²) in [6.07, 6.45) is 5.02. The minimum atomic E-state index is 0.109. The molecule has 0 saturated heterocycles. The van der Waals surface area contributed by atoms with Gasteiger partial charge in [-0.15, -0.1) is 0 Å². The van der Waals surface area contributed by atoms with E-state index in [0.717, 1.165) is 35.9 Å². The van der Waals surface area contributed by atoms with Crippen LogP contribution in [0.3, 0.4) is 0 Å². The third kappa shape index (κ3) is 3.22. The molecule has 20 heavy (non-hydrogen) atoms. The third-order valence-electron chi connectivity index (χ3n) is 3.39. The molecule has 1 N–H and O–H groups in total. The van der Waals surface area contributed by atoms with Crippen LogP contribution in [0.25, 0.3) is 0 Å². The third-order valence-corrected chi connectivity index (χ3v) is 3.82. The summed E-state index contributed by atoms with van der Waals surface area (Å²) in [7, 11) is 0.